The van der Waals surface area contributed by atoms with E-state index in [1.165, 1.54) is 29.2 Å². The first-order chi connectivity index (χ1) is 21.4. The number of rotatable bonds is 13. The third-order valence-corrected chi connectivity index (χ3v) is 9.43. The lowest BCUT2D eigenvalue weighted by Crippen LogP contribution is -2.53. The third kappa shape index (κ3) is 9.19. The van der Waals surface area contributed by atoms with Crippen molar-refractivity contribution in [3.05, 3.63) is 130 Å². The standard InChI is InChI=1S/C36H40ClN3O4S/c1-26(2)23-38-36(42)34(22-29-10-6-5-7-11-29)39(24-30-12-8-9-28(4)21-30)35(41)25-40(32-17-13-27(3)14-18-32)45(43,44)33-19-15-31(37)16-20-33/h5-21,26,34H,22-25H2,1-4H3,(H,38,42)/t34-/m0/s1. The first-order valence-corrected chi connectivity index (χ1v) is 16.8. The van der Waals surface area contributed by atoms with E-state index >= 15 is 0 Å². The number of sulfonamides is 1. The van der Waals surface area contributed by atoms with Gasteiger partial charge in [0.25, 0.3) is 10.0 Å². The lowest BCUT2D eigenvalue weighted by molar-refractivity contribution is -0.140. The molecule has 1 N–H and O–H groups in total. The molecule has 0 aromatic heterocycles. The van der Waals surface area contributed by atoms with Crippen LogP contribution in [0.1, 0.15) is 36.1 Å². The first-order valence-electron chi connectivity index (χ1n) is 15.0. The fourth-order valence-electron chi connectivity index (χ4n) is 4.96. The smallest absolute Gasteiger partial charge is 0.264 e. The molecule has 0 bridgehead atoms. The Morgan fingerprint density at radius 1 is 0.800 bits per heavy atom. The van der Waals surface area contributed by atoms with Crippen molar-refractivity contribution >= 4 is 39.1 Å². The van der Waals surface area contributed by atoms with E-state index in [0.29, 0.717) is 17.3 Å². The molecule has 0 spiro atoms. The summed E-state index contributed by atoms with van der Waals surface area (Å²) in [5, 5.41) is 3.41. The molecule has 4 aromatic carbocycles. The number of nitrogens with zero attached hydrogens (tertiary/aromatic N) is 2. The molecule has 0 saturated heterocycles. The number of carbonyl (C=O) groups is 2. The van der Waals surface area contributed by atoms with Crippen LogP contribution in [0, 0.1) is 19.8 Å². The van der Waals surface area contributed by atoms with E-state index in [0.717, 1.165) is 26.6 Å². The summed E-state index contributed by atoms with van der Waals surface area (Å²) in [5.74, 6) is -0.597. The first kappa shape index (κ1) is 33.7. The molecule has 0 aliphatic carbocycles. The Labute approximate surface area is 271 Å². The molecule has 236 valence electrons. The zero-order chi connectivity index (χ0) is 32.6. The quantitative estimate of drug-likeness (QED) is 0.178. The van der Waals surface area contributed by atoms with E-state index in [1.54, 1.807) is 24.3 Å². The SMILES string of the molecule is Cc1ccc(N(CC(=O)N(Cc2cccc(C)c2)[C@@H](Cc2ccccc2)C(=O)NCC(C)C)S(=O)(=O)c2ccc(Cl)cc2)cc1. The maximum atomic E-state index is 14.5. The molecule has 7 nitrogen and oxygen atoms in total. The van der Waals surface area contributed by atoms with Crippen LogP contribution in [-0.4, -0.2) is 44.3 Å². The topological polar surface area (TPSA) is 86.8 Å². The van der Waals surface area contributed by atoms with Crippen molar-refractivity contribution in [2.45, 2.75) is 51.6 Å². The van der Waals surface area contributed by atoms with Gasteiger partial charge in [0.2, 0.25) is 11.8 Å². The maximum absolute atomic E-state index is 14.5. The Bertz CT molecular complexity index is 1690. The minimum atomic E-state index is -4.19. The summed E-state index contributed by atoms with van der Waals surface area (Å²) in [6.45, 7) is 7.92. The predicted octanol–water partition coefficient (Wildman–Crippen LogP) is 6.56. The number of anilines is 1. The van der Waals surface area contributed by atoms with Crippen LogP contribution in [0.25, 0.3) is 0 Å². The molecular weight excluding hydrogens is 606 g/mol. The second-order valence-electron chi connectivity index (χ2n) is 11.7. The lowest BCUT2D eigenvalue weighted by Gasteiger charge is -2.34. The highest BCUT2D eigenvalue weighted by atomic mass is 35.5. The molecule has 0 radical (unpaired) electrons. The van der Waals surface area contributed by atoms with Crippen LogP contribution < -0.4 is 9.62 Å². The zero-order valence-electron chi connectivity index (χ0n) is 26.1. The van der Waals surface area contributed by atoms with Crippen LogP contribution in [0.5, 0.6) is 0 Å². The molecule has 4 rings (SSSR count). The number of hydrogen-bond acceptors (Lipinski definition) is 4. The van der Waals surface area contributed by atoms with Crippen LogP contribution in [0.3, 0.4) is 0 Å². The summed E-state index contributed by atoms with van der Waals surface area (Å²) >= 11 is 6.06. The van der Waals surface area contributed by atoms with Crippen molar-refractivity contribution in [2.75, 3.05) is 17.4 Å². The van der Waals surface area contributed by atoms with Gasteiger partial charge < -0.3 is 10.2 Å². The minimum absolute atomic E-state index is 0.000946. The van der Waals surface area contributed by atoms with E-state index in [9.17, 15) is 18.0 Å². The summed E-state index contributed by atoms with van der Waals surface area (Å²) in [7, 11) is -4.19. The molecule has 9 heteroatoms. The summed E-state index contributed by atoms with van der Waals surface area (Å²) in [6, 6.07) is 29.2. The largest absolute Gasteiger partial charge is 0.354 e. The summed E-state index contributed by atoms with van der Waals surface area (Å²) in [5.41, 5.74) is 4.01. The normalized spacial score (nSPS) is 12.0. The van der Waals surface area contributed by atoms with Gasteiger partial charge in [-0.1, -0.05) is 103 Å². The number of hydrogen-bond donors (Lipinski definition) is 1. The Morgan fingerprint density at radius 2 is 1.44 bits per heavy atom. The van der Waals surface area contributed by atoms with Gasteiger partial charge >= 0.3 is 0 Å². The van der Waals surface area contributed by atoms with Crippen LogP contribution >= 0.6 is 11.6 Å². The second kappa shape index (κ2) is 15.2. The average Bonchev–Trinajstić information content (AvgIpc) is 3.01. The van der Waals surface area contributed by atoms with Gasteiger partial charge in [-0.25, -0.2) is 8.42 Å². The van der Waals surface area contributed by atoms with Crippen LogP contribution in [0.15, 0.2) is 108 Å². The molecule has 0 aliphatic rings. The van der Waals surface area contributed by atoms with Gasteiger partial charge in [0.05, 0.1) is 10.6 Å². The number of carbonyl (C=O) groups excluding carboxylic acids is 2. The van der Waals surface area contributed by atoms with E-state index in [-0.39, 0.29) is 29.7 Å². The van der Waals surface area contributed by atoms with E-state index in [4.69, 9.17) is 11.6 Å². The number of aryl methyl sites for hydroxylation is 2. The fraction of sp³-hybridized carbons (Fsp3) is 0.278. The fourth-order valence-corrected chi connectivity index (χ4v) is 6.50. The van der Waals surface area contributed by atoms with Gasteiger partial charge in [-0.3, -0.25) is 13.9 Å². The molecule has 0 fully saturated rings. The van der Waals surface area contributed by atoms with Crippen LogP contribution in [0.4, 0.5) is 5.69 Å². The Hall–Kier alpha value is -4.14. The monoisotopic (exact) mass is 645 g/mol. The molecule has 0 unspecified atom stereocenters. The van der Waals surface area contributed by atoms with Gasteiger partial charge in [0, 0.05) is 24.5 Å². The molecular formula is C36H40ClN3O4S. The third-order valence-electron chi connectivity index (χ3n) is 7.39. The van der Waals surface area contributed by atoms with E-state index in [1.807, 2.05) is 82.3 Å². The molecule has 1 atom stereocenters. The van der Waals surface area contributed by atoms with E-state index in [2.05, 4.69) is 5.32 Å². The maximum Gasteiger partial charge on any atom is 0.264 e. The van der Waals surface area contributed by atoms with Crippen LogP contribution in [0.2, 0.25) is 5.02 Å². The van der Waals surface area contributed by atoms with E-state index < -0.39 is 28.5 Å². The van der Waals surface area contributed by atoms with Gasteiger partial charge in [0.1, 0.15) is 12.6 Å². The lowest BCUT2D eigenvalue weighted by atomic mass is 10.0. The Morgan fingerprint density at radius 3 is 2.07 bits per heavy atom. The van der Waals surface area contributed by atoms with Crippen molar-refractivity contribution < 1.29 is 18.0 Å². The number of amides is 2. The molecule has 2 amide bonds. The summed E-state index contributed by atoms with van der Waals surface area (Å²) in [4.78, 5) is 29.9. The molecule has 45 heavy (non-hydrogen) atoms. The minimum Gasteiger partial charge on any atom is -0.354 e. The van der Waals surface area contributed by atoms with Crippen molar-refractivity contribution in [1.82, 2.24) is 10.2 Å². The Balaban J connectivity index is 1.79. The highest BCUT2D eigenvalue weighted by Gasteiger charge is 2.34. The van der Waals surface area contributed by atoms with Crippen LogP contribution in [-0.2, 0) is 32.6 Å². The van der Waals surface area contributed by atoms with Gasteiger partial charge in [-0.2, -0.15) is 0 Å². The van der Waals surface area contributed by atoms with Crippen molar-refractivity contribution in [1.29, 1.82) is 0 Å². The highest BCUT2D eigenvalue weighted by molar-refractivity contribution is 7.92. The number of benzene rings is 4. The highest BCUT2D eigenvalue weighted by Crippen LogP contribution is 2.26. The number of halogens is 1. The molecule has 0 saturated carbocycles. The summed E-state index contributed by atoms with van der Waals surface area (Å²) in [6.07, 6.45) is 0.261. The molecule has 0 aliphatic heterocycles. The van der Waals surface area contributed by atoms with Crippen molar-refractivity contribution in [3.63, 3.8) is 0 Å². The Kier molecular flexibility index (Phi) is 11.4. The van der Waals surface area contributed by atoms with Crippen molar-refractivity contribution in [2.24, 2.45) is 5.92 Å². The zero-order valence-corrected chi connectivity index (χ0v) is 27.7. The summed E-state index contributed by atoms with van der Waals surface area (Å²) < 4.78 is 29.3. The van der Waals surface area contributed by atoms with Gasteiger partial charge in [-0.15, -0.1) is 0 Å². The second-order valence-corrected chi connectivity index (χ2v) is 14.0. The molecule has 0 heterocycles. The van der Waals surface area contributed by atoms with Gasteiger partial charge in [-0.05, 0) is 67.3 Å². The van der Waals surface area contributed by atoms with Crippen molar-refractivity contribution in [3.8, 4) is 0 Å². The number of nitrogens with one attached hydrogen (secondary N) is 1. The predicted molar refractivity (Wildman–Crippen MR) is 181 cm³/mol. The average molecular weight is 646 g/mol. The van der Waals surface area contributed by atoms with Gasteiger partial charge in [0.15, 0.2) is 0 Å². The molecule has 4 aromatic rings.